The van der Waals surface area contributed by atoms with Crippen molar-refractivity contribution in [2.45, 2.75) is 33.2 Å². The summed E-state index contributed by atoms with van der Waals surface area (Å²) in [7, 11) is 0. The SMILES string of the molecule is Cc1cc(NC(=O)c2ccc(NC(C)(C)C)cn2)no1. The van der Waals surface area contributed by atoms with Crippen molar-refractivity contribution in [1.29, 1.82) is 0 Å². The zero-order valence-electron chi connectivity index (χ0n) is 12.0. The first kappa shape index (κ1) is 14.0. The van der Waals surface area contributed by atoms with Gasteiger partial charge in [-0.15, -0.1) is 0 Å². The highest BCUT2D eigenvalue weighted by Crippen LogP contribution is 2.14. The lowest BCUT2D eigenvalue weighted by Gasteiger charge is -2.21. The summed E-state index contributed by atoms with van der Waals surface area (Å²) in [6, 6.07) is 5.13. The average molecular weight is 274 g/mol. The molecule has 0 fully saturated rings. The smallest absolute Gasteiger partial charge is 0.275 e. The molecule has 0 saturated heterocycles. The Morgan fingerprint density at radius 2 is 2.05 bits per heavy atom. The molecular weight excluding hydrogens is 256 g/mol. The van der Waals surface area contributed by atoms with Crippen LogP contribution in [-0.2, 0) is 0 Å². The van der Waals surface area contributed by atoms with Crippen LogP contribution in [0, 0.1) is 6.92 Å². The van der Waals surface area contributed by atoms with Crippen LogP contribution < -0.4 is 10.6 Å². The van der Waals surface area contributed by atoms with Crippen molar-refractivity contribution in [1.82, 2.24) is 10.1 Å². The Hall–Kier alpha value is -2.37. The summed E-state index contributed by atoms with van der Waals surface area (Å²) in [5.41, 5.74) is 1.14. The van der Waals surface area contributed by atoms with E-state index in [4.69, 9.17) is 4.52 Å². The lowest BCUT2D eigenvalue weighted by atomic mass is 10.1. The molecule has 0 unspecified atom stereocenters. The minimum absolute atomic E-state index is 0.0519. The molecular formula is C14H18N4O2. The van der Waals surface area contributed by atoms with Gasteiger partial charge >= 0.3 is 0 Å². The predicted molar refractivity (Wildman–Crippen MR) is 76.8 cm³/mol. The zero-order valence-corrected chi connectivity index (χ0v) is 12.0. The van der Waals surface area contributed by atoms with Gasteiger partial charge in [-0.25, -0.2) is 4.98 Å². The van der Waals surface area contributed by atoms with Crippen LogP contribution in [0.15, 0.2) is 28.9 Å². The number of nitrogens with zero attached hydrogens (tertiary/aromatic N) is 2. The second-order valence-electron chi connectivity index (χ2n) is 5.58. The Morgan fingerprint density at radius 3 is 2.55 bits per heavy atom. The Balaban J connectivity index is 2.04. The van der Waals surface area contributed by atoms with Crippen molar-refractivity contribution < 1.29 is 9.32 Å². The molecule has 6 heteroatoms. The summed E-state index contributed by atoms with van der Waals surface area (Å²) in [6.45, 7) is 7.93. The normalized spacial score (nSPS) is 11.2. The van der Waals surface area contributed by atoms with Gasteiger partial charge in [0.1, 0.15) is 11.5 Å². The lowest BCUT2D eigenvalue weighted by molar-refractivity contribution is 0.102. The number of carbonyl (C=O) groups is 1. The molecule has 2 aromatic rings. The maximum absolute atomic E-state index is 11.9. The van der Waals surface area contributed by atoms with Crippen LogP contribution in [-0.4, -0.2) is 21.6 Å². The number of nitrogens with one attached hydrogen (secondary N) is 2. The van der Waals surface area contributed by atoms with Crippen LogP contribution in [0.5, 0.6) is 0 Å². The van der Waals surface area contributed by atoms with Gasteiger partial charge in [-0.05, 0) is 39.8 Å². The molecule has 106 valence electrons. The third kappa shape index (κ3) is 3.81. The van der Waals surface area contributed by atoms with E-state index < -0.39 is 0 Å². The van der Waals surface area contributed by atoms with E-state index in [2.05, 4.69) is 41.5 Å². The highest BCUT2D eigenvalue weighted by molar-refractivity contribution is 6.02. The number of hydrogen-bond donors (Lipinski definition) is 2. The van der Waals surface area contributed by atoms with Gasteiger partial charge in [0.2, 0.25) is 0 Å². The molecule has 2 heterocycles. The third-order valence-electron chi connectivity index (χ3n) is 2.39. The zero-order chi connectivity index (χ0) is 14.8. The number of amides is 1. The van der Waals surface area contributed by atoms with Gasteiger partial charge in [-0.1, -0.05) is 5.16 Å². The lowest BCUT2D eigenvalue weighted by Crippen LogP contribution is -2.26. The standard InChI is InChI=1S/C14H18N4O2/c1-9-7-12(18-20-9)16-13(19)11-6-5-10(8-15-11)17-14(2,3)4/h5-8,17H,1-4H3,(H,16,18,19). The van der Waals surface area contributed by atoms with Crippen LogP contribution >= 0.6 is 0 Å². The molecule has 0 spiro atoms. The van der Waals surface area contributed by atoms with Gasteiger partial charge in [0.05, 0.1) is 11.9 Å². The van der Waals surface area contributed by atoms with Crippen molar-refractivity contribution in [2.24, 2.45) is 0 Å². The maximum atomic E-state index is 11.9. The van der Waals surface area contributed by atoms with Gasteiger partial charge in [-0.2, -0.15) is 0 Å². The highest BCUT2D eigenvalue weighted by atomic mass is 16.5. The summed E-state index contributed by atoms with van der Waals surface area (Å²) < 4.78 is 4.88. The number of aryl methyl sites for hydroxylation is 1. The Bertz CT molecular complexity index is 596. The Labute approximate surface area is 117 Å². The number of anilines is 2. The topological polar surface area (TPSA) is 80.0 Å². The first-order valence-electron chi connectivity index (χ1n) is 6.32. The van der Waals surface area contributed by atoms with Crippen molar-refractivity contribution in [3.05, 3.63) is 35.9 Å². The van der Waals surface area contributed by atoms with Crippen LogP contribution in [0.2, 0.25) is 0 Å². The largest absolute Gasteiger partial charge is 0.379 e. The van der Waals surface area contributed by atoms with E-state index in [1.807, 2.05) is 6.07 Å². The molecule has 0 aromatic carbocycles. The van der Waals surface area contributed by atoms with E-state index in [-0.39, 0.29) is 11.4 Å². The molecule has 6 nitrogen and oxygen atoms in total. The van der Waals surface area contributed by atoms with E-state index in [0.717, 1.165) is 5.69 Å². The minimum atomic E-state index is -0.319. The van der Waals surface area contributed by atoms with Gasteiger partial charge < -0.3 is 15.2 Å². The van der Waals surface area contributed by atoms with Gasteiger partial charge in [0.15, 0.2) is 5.82 Å². The molecule has 2 aromatic heterocycles. The van der Waals surface area contributed by atoms with E-state index in [1.165, 1.54) is 0 Å². The molecule has 0 saturated carbocycles. The minimum Gasteiger partial charge on any atom is -0.379 e. The quantitative estimate of drug-likeness (QED) is 0.899. The molecule has 0 aliphatic carbocycles. The Kier molecular flexibility index (Phi) is 3.74. The number of pyridine rings is 1. The van der Waals surface area contributed by atoms with Crippen LogP contribution in [0.25, 0.3) is 0 Å². The Morgan fingerprint density at radius 1 is 1.30 bits per heavy atom. The summed E-state index contributed by atoms with van der Waals surface area (Å²) in [5, 5.41) is 9.60. The summed E-state index contributed by atoms with van der Waals surface area (Å²) in [6.07, 6.45) is 1.63. The molecule has 2 rings (SSSR count). The second-order valence-corrected chi connectivity index (χ2v) is 5.58. The third-order valence-corrected chi connectivity index (χ3v) is 2.39. The molecule has 1 amide bonds. The van der Waals surface area contributed by atoms with Gasteiger partial charge in [-0.3, -0.25) is 4.79 Å². The molecule has 0 radical (unpaired) electrons. The van der Waals surface area contributed by atoms with Gasteiger partial charge in [0.25, 0.3) is 5.91 Å². The molecule has 20 heavy (non-hydrogen) atoms. The first-order chi connectivity index (χ1) is 9.33. The van der Waals surface area contributed by atoms with Crippen LogP contribution in [0.1, 0.15) is 37.0 Å². The average Bonchev–Trinajstić information content (AvgIpc) is 2.73. The number of aromatic nitrogens is 2. The summed E-state index contributed by atoms with van der Waals surface area (Å²) >= 11 is 0. The first-order valence-corrected chi connectivity index (χ1v) is 6.32. The molecule has 2 N–H and O–H groups in total. The predicted octanol–water partition coefficient (Wildman–Crippen LogP) is 2.84. The van der Waals surface area contributed by atoms with Crippen LogP contribution in [0.3, 0.4) is 0 Å². The van der Waals surface area contributed by atoms with Crippen molar-refractivity contribution in [3.63, 3.8) is 0 Å². The fourth-order valence-electron chi connectivity index (χ4n) is 1.64. The summed E-state index contributed by atoms with van der Waals surface area (Å²) in [5.74, 6) is 0.699. The highest BCUT2D eigenvalue weighted by Gasteiger charge is 2.12. The van der Waals surface area contributed by atoms with Crippen molar-refractivity contribution in [3.8, 4) is 0 Å². The van der Waals surface area contributed by atoms with E-state index in [9.17, 15) is 4.79 Å². The fourth-order valence-corrected chi connectivity index (χ4v) is 1.64. The fraction of sp³-hybridized carbons (Fsp3) is 0.357. The molecule has 0 atom stereocenters. The van der Waals surface area contributed by atoms with Crippen molar-refractivity contribution in [2.75, 3.05) is 10.6 Å². The van der Waals surface area contributed by atoms with Crippen molar-refractivity contribution >= 4 is 17.4 Å². The van der Waals surface area contributed by atoms with E-state index in [0.29, 0.717) is 17.3 Å². The maximum Gasteiger partial charge on any atom is 0.275 e. The molecule has 0 bridgehead atoms. The number of rotatable bonds is 3. The van der Waals surface area contributed by atoms with Gasteiger partial charge in [0, 0.05) is 11.6 Å². The molecule has 0 aliphatic heterocycles. The molecule has 0 aliphatic rings. The van der Waals surface area contributed by atoms with Crippen LogP contribution in [0.4, 0.5) is 11.5 Å². The summed E-state index contributed by atoms with van der Waals surface area (Å²) in [4.78, 5) is 16.1. The number of carbonyl (C=O) groups excluding carboxylic acids is 1. The second kappa shape index (κ2) is 5.32. The van der Waals surface area contributed by atoms with E-state index >= 15 is 0 Å². The monoisotopic (exact) mass is 274 g/mol. The number of hydrogen-bond acceptors (Lipinski definition) is 5. The van der Waals surface area contributed by atoms with E-state index in [1.54, 1.807) is 25.3 Å².